The van der Waals surface area contributed by atoms with Gasteiger partial charge in [0.15, 0.2) is 0 Å². The normalized spacial score (nSPS) is 16.6. The molecule has 1 saturated heterocycles. The number of piperidine rings is 1. The predicted octanol–water partition coefficient (Wildman–Crippen LogP) is 1.52. The summed E-state index contributed by atoms with van der Waals surface area (Å²) in [6.07, 6.45) is 3.55. The van der Waals surface area contributed by atoms with Crippen LogP contribution in [0.1, 0.15) is 24.8 Å². The largest absolute Gasteiger partial charge is 0.508 e. The van der Waals surface area contributed by atoms with Crippen molar-refractivity contribution in [2.45, 2.75) is 25.7 Å². The molecule has 0 unspecified atom stereocenters. The fourth-order valence-electron chi connectivity index (χ4n) is 2.66. The number of amides is 1. The van der Waals surface area contributed by atoms with E-state index in [0.717, 1.165) is 44.5 Å². The average molecular weight is 262 g/mol. The number of nitrogens with two attached hydrogens (primary N) is 1. The van der Waals surface area contributed by atoms with Crippen molar-refractivity contribution in [1.29, 1.82) is 0 Å². The summed E-state index contributed by atoms with van der Waals surface area (Å²) in [4.78, 5) is 14.1. The minimum Gasteiger partial charge on any atom is -0.508 e. The number of carbonyl (C=O) groups is 1. The summed E-state index contributed by atoms with van der Waals surface area (Å²) >= 11 is 0. The second-order valence-electron chi connectivity index (χ2n) is 5.25. The number of phenols is 1. The maximum atomic E-state index is 12.2. The summed E-state index contributed by atoms with van der Waals surface area (Å²) in [6, 6.07) is 6.91. The fraction of sp³-hybridized carbons (Fsp3) is 0.533. The number of phenolic OH excluding ortho intramolecular Hbond substituents is 1. The van der Waals surface area contributed by atoms with E-state index in [9.17, 15) is 9.90 Å². The zero-order valence-corrected chi connectivity index (χ0v) is 11.2. The summed E-state index contributed by atoms with van der Waals surface area (Å²) in [5.41, 5.74) is 6.44. The van der Waals surface area contributed by atoms with Crippen molar-refractivity contribution in [2.75, 3.05) is 19.6 Å². The molecule has 0 spiro atoms. The monoisotopic (exact) mass is 262 g/mol. The Morgan fingerprint density at radius 3 is 2.74 bits per heavy atom. The number of aromatic hydroxyl groups is 1. The molecule has 1 aliphatic heterocycles. The van der Waals surface area contributed by atoms with Crippen LogP contribution in [0.4, 0.5) is 0 Å². The number of likely N-dealkylation sites (tertiary alicyclic amines) is 1. The van der Waals surface area contributed by atoms with E-state index in [4.69, 9.17) is 5.73 Å². The Morgan fingerprint density at radius 2 is 2.11 bits per heavy atom. The topological polar surface area (TPSA) is 66.6 Å². The van der Waals surface area contributed by atoms with Gasteiger partial charge in [0.1, 0.15) is 5.75 Å². The Hall–Kier alpha value is -1.55. The molecule has 0 atom stereocenters. The Labute approximate surface area is 114 Å². The molecule has 2 rings (SSSR count). The summed E-state index contributed by atoms with van der Waals surface area (Å²) in [5, 5.41) is 9.39. The zero-order valence-electron chi connectivity index (χ0n) is 11.2. The number of hydrogen-bond acceptors (Lipinski definition) is 3. The zero-order chi connectivity index (χ0) is 13.7. The van der Waals surface area contributed by atoms with Gasteiger partial charge in [-0.3, -0.25) is 4.79 Å². The second-order valence-corrected chi connectivity index (χ2v) is 5.25. The first-order valence-corrected chi connectivity index (χ1v) is 6.95. The third-order valence-corrected chi connectivity index (χ3v) is 3.81. The number of benzene rings is 1. The third-order valence-electron chi connectivity index (χ3n) is 3.81. The number of rotatable bonds is 4. The van der Waals surface area contributed by atoms with Crippen molar-refractivity contribution in [3.8, 4) is 5.75 Å². The summed E-state index contributed by atoms with van der Waals surface area (Å²) in [7, 11) is 0. The smallest absolute Gasteiger partial charge is 0.226 e. The third kappa shape index (κ3) is 3.96. The van der Waals surface area contributed by atoms with Gasteiger partial charge in [-0.1, -0.05) is 12.1 Å². The van der Waals surface area contributed by atoms with Gasteiger partial charge in [-0.2, -0.15) is 0 Å². The SMILES string of the molecule is NCCC1CCN(C(=O)Cc2cccc(O)c2)CC1. The first-order chi connectivity index (χ1) is 9.19. The van der Waals surface area contributed by atoms with Gasteiger partial charge in [-0.25, -0.2) is 0 Å². The van der Waals surface area contributed by atoms with Gasteiger partial charge in [0.05, 0.1) is 6.42 Å². The highest BCUT2D eigenvalue weighted by Gasteiger charge is 2.22. The second kappa shape index (κ2) is 6.57. The Bertz CT molecular complexity index is 426. The van der Waals surface area contributed by atoms with E-state index >= 15 is 0 Å². The average Bonchev–Trinajstić information content (AvgIpc) is 2.40. The first kappa shape index (κ1) is 13.9. The minimum absolute atomic E-state index is 0.150. The maximum Gasteiger partial charge on any atom is 0.226 e. The van der Waals surface area contributed by atoms with Crippen LogP contribution >= 0.6 is 0 Å². The molecular weight excluding hydrogens is 240 g/mol. The quantitative estimate of drug-likeness (QED) is 0.864. The van der Waals surface area contributed by atoms with Crippen LogP contribution in [-0.2, 0) is 11.2 Å². The van der Waals surface area contributed by atoms with E-state index < -0.39 is 0 Å². The van der Waals surface area contributed by atoms with Crippen LogP contribution in [0.2, 0.25) is 0 Å². The van der Waals surface area contributed by atoms with E-state index in [2.05, 4.69) is 0 Å². The van der Waals surface area contributed by atoms with Crippen LogP contribution in [0.15, 0.2) is 24.3 Å². The minimum atomic E-state index is 0.150. The van der Waals surface area contributed by atoms with Gasteiger partial charge in [0.25, 0.3) is 0 Å². The predicted molar refractivity (Wildman–Crippen MR) is 74.8 cm³/mol. The fourth-order valence-corrected chi connectivity index (χ4v) is 2.66. The van der Waals surface area contributed by atoms with E-state index in [1.54, 1.807) is 18.2 Å². The molecule has 4 heteroatoms. The molecule has 0 saturated carbocycles. The van der Waals surface area contributed by atoms with E-state index in [1.165, 1.54) is 0 Å². The van der Waals surface area contributed by atoms with Crippen molar-refractivity contribution in [1.82, 2.24) is 4.90 Å². The maximum absolute atomic E-state index is 12.2. The van der Waals surface area contributed by atoms with Crippen molar-refractivity contribution in [3.05, 3.63) is 29.8 Å². The van der Waals surface area contributed by atoms with E-state index in [-0.39, 0.29) is 11.7 Å². The van der Waals surface area contributed by atoms with E-state index in [1.807, 2.05) is 11.0 Å². The molecule has 1 fully saturated rings. The Morgan fingerprint density at radius 1 is 1.37 bits per heavy atom. The highest BCUT2D eigenvalue weighted by Crippen LogP contribution is 2.21. The standard InChI is InChI=1S/C15H22N2O2/c16-7-4-12-5-8-17(9-6-12)15(19)11-13-2-1-3-14(18)10-13/h1-3,10,12,18H,4-9,11,16H2. The molecule has 104 valence electrons. The molecule has 0 aliphatic carbocycles. The highest BCUT2D eigenvalue weighted by molar-refractivity contribution is 5.79. The molecule has 1 aromatic rings. The molecule has 4 nitrogen and oxygen atoms in total. The van der Waals surface area contributed by atoms with Gasteiger partial charge in [0.2, 0.25) is 5.91 Å². The molecule has 19 heavy (non-hydrogen) atoms. The lowest BCUT2D eigenvalue weighted by Gasteiger charge is -2.32. The number of nitrogens with zero attached hydrogens (tertiary/aromatic N) is 1. The van der Waals surface area contributed by atoms with Crippen molar-refractivity contribution in [2.24, 2.45) is 11.7 Å². The van der Waals surface area contributed by atoms with Crippen molar-refractivity contribution < 1.29 is 9.90 Å². The van der Waals surface area contributed by atoms with Gasteiger partial charge in [-0.15, -0.1) is 0 Å². The van der Waals surface area contributed by atoms with Gasteiger partial charge < -0.3 is 15.7 Å². The molecule has 3 N–H and O–H groups in total. The summed E-state index contributed by atoms with van der Waals surface area (Å²) < 4.78 is 0. The molecule has 1 aromatic carbocycles. The number of hydrogen-bond donors (Lipinski definition) is 2. The van der Waals surface area contributed by atoms with Crippen LogP contribution in [0.25, 0.3) is 0 Å². The first-order valence-electron chi connectivity index (χ1n) is 6.95. The lowest BCUT2D eigenvalue weighted by Crippen LogP contribution is -2.39. The molecular formula is C15H22N2O2. The molecule has 0 bridgehead atoms. The summed E-state index contributed by atoms with van der Waals surface area (Å²) in [5.74, 6) is 1.04. The van der Waals surface area contributed by atoms with Crippen LogP contribution in [0, 0.1) is 5.92 Å². The van der Waals surface area contributed by atoms with Crippen LogP contribution < -0.4 is 5.73 Å². The van der Waals surface area contributed by atoms with Crippen LogP contribution in [0.5, 0.6) is 5.75 Å². The lowest BCUT2D eigenvalue weighted by atomic mass is 9.93. The van der Waals surface area contributed by atoms with E-state index in [0.29, 0.717) is 12.3 Å². The van der Waals surface area contributed by atoms with Crippen molar-refractivity contribution in [3.63, 3.8) is 0 Å². The van der Waals surface area contributed by atoms with Gasteiger partial charge in [-0.05, 0) is 49.4 Å². The van der Waals surface area contributed by atoms with Gasteiger partial charge >= 0.3 is 0 Å². The molecule has 1 aliphatic rings. The van der Waals surface area contributed by atoms with Crippen molar-refractivity contribution >= 4 is 5.91 Å². The van der Waals surface area contributed by atoms with Crippen LogP contribution in [-0.4, -0.2) is 35.5 Å². The number of carbonyl (C=O) groups excluding carboxylic acids is 1. The van der Waals surface area contributed by atoms with Gasteiger partial charge in [0, 0.05) is 13.1 Å². The molecule has 0 radical (unpaired) electrons. The lowest BCUT2D eigenvalue weighted by molar-refractivity contribution is -0.131. The molecule has 0 aromatic heterocycles. The van der Waals surface area contributed by atoms with Crippen LogP contribution in [0.3, 0.4) is 0 Å². The Kier molecular flexibility index (Phi) is 4.80. The Balaban J connectivity index is 1.84. The highest BCUT2D eigenvalue weighted by atomic mass is 16.3. The molecule has 1 amide bonds. The summed E-state index contributed by atoms with van der Waals surface area (Å²) in [6.45, 7) is 2.41. The molecule has 1 heterocycles.